The zero-order chi connectivity index (χ0) is 10.8. The summed E-state index contributed by atoms with van der Waals surface area (Å²) in [5, 5.41) is 0.481. The second-order valence-electron chi connectivity index (χ2n) is 3.04. The fourth-order valence-electron chi connectivity index (χ4n) is 1.34. The molecular formula is C10H10FN3S. The van der Waals surface area contributed by atoms with E-state index in [1.165, 1.54) is 23.5 Å². The highest BCUT2D eigenvalue weighted by Crippen LogP contribution is 2.31. The van der Waals surface area contributed by atoms with Crippen LogP contribution in [-0.2, 0) is 6.54 Å². The van der Waals surface area contributed by atoms with Crippen molar-refractivity contribution in [3.8, 4) is 10.4 Å². The first kappa shape index (κ1) is 10.1. The fourth-order valence-corrected chi connectivity index (χ4v) is 2.20. The summed E-state index contributed by atoms with van der Waals surface area (Å²) in [6, 6.07) is 6.21. The van der Waals surface area contributed by atoms with Crippen molar-refractivity contribution in [3.63, 3.8) is 0 Å². The molecule has 0 aliphatic rings. The van der Waals surface area contributed by atoms with Crippen molar-refractivity contribution in [1.29, 1.82) is 0 Å². The SMILES string of the molecule is NCc1nc(N)sc1-c1ccc(F)cc1. The van der Waals surface area contributed by atoms with Gasteiger partial charge >= 0.3 is 0 Å². The van der Waals surface area contributed by atoms with Gasteiger partial charge in [0.2, 0.25) is 0 Å². The van der Waals surface area contributed by atoms with Gasteiger partial charge in [-0.2, -0.15) is 0 Å². The van der Waals surface area contributed by atoms with Crippen LogP contribution in [0.1, 0.15) is 5.69 Å². The Morgan fingerprint density at radius 3 is 2.53 bits per heavy atom. The average Bonchev–Trinajstić information content (AvgIpc) is 2.61. The maximum atomic E-state index is 12.7. The van der Waals surface area contributed by atoms with Crippen molar-refractivity contribution < 1.29 is 4.39 Å². The second-order valence-corrected chi connectivity index (χ2v) is 4.07. The number of hydrogen-bond donors (Lipinski definition) is 2. The van der Waals surface area contributed by atoms with E-state index in [0.29, 0.717) is 11.7 Å². The molecular weight excluding hydrogens is 213 g/mol. The van der Waals surface area contributed by atoms with Crippen LogP contribution in [0, 0.1) is 5.82 Å². The predicted octanol–water partition coefficient (Wildman–Crippen LogP) is 1.99. The molecule has 78 valence electrons. The highest BCUT2D eigenvalue weighted by atomic mass is 32.1. The van der Waals surface area contributed by atoms with E-state index >= 15 is 0 Å². The first-order valence-electron chi connectivity index (χ1n) is 4.42. The van der Waals surface area contributed by atoms with Crippen molar-refractivity contribution >= 4 is 16.5 Å². The number of nitrogen functional groups attached to an aromatic ring is 1. The predicted molar refractivity (Wildman–Crippen MR) is 59.8 cm³/mol. The molecule has 0 radical (unpaired) electrons. The normalized spacial score (nSPS) is 10.5. The molecule has 0 saturated heterocycles. The van der Waals surface area contributed by atoms with Crippen LogP contribution in [0.4, 0.5) is 9.52 Å². The molecule has 0 spiro atoms. The van der Waals surface area contributed by atoms with Crippen molar-refractivity contribution in [2.75, 3.05) is 5.73 Å². The maximum absolute atomic E-state index is 12.7. The third-order valence-corrected chi connectivity index (χ3v) is 2.99. The smallest absolute Gasteiger partial charge is 0.180 e. The molecule has 0 atom stereocenters. The molecule has 15 heavy (non-hydrogen) atoms. The monoisotopic (exact) mass is 223 g/mol. The molecule has 4 N–H and O–H groups in total. The Bertz CT molecular complexity index is 464. The minimum Gasteiger partial charge on any atom is -0.375 e. The second kappa shape index (κ2) is 3.96. The Morgan fingerprint density at radius 1 is 1.27 bits per heavy atom. The van der Waals surface area contributed by atoms with E-state index in [1.54, 1.807) is 12.1 Å². The van der Waals surface area contributed by atoms with Crippen molar-refractivity contribution in [2.45, 2.75) is 6.54 Å². The van der Waals surface area contributed by atoms with Crippen molar-refractivity contribution in [3.05, 3.63) is 35.8 Å². The minimum atomic E-state index is -0.259. The Kier molecular flexibility index (Phi) is 2.66. The van der Waals surface area contributed by atoms with E-state index in [1.807, 2.05) is 0 Å². The van der Waals surface area contributed by atoms with Gasteiger partial charge in [0, 0.05) is 6.54 Å². The van der Waals surface area contributed by atoms with E-state index < -0.39 is 0 Å². The zero-order valence-electron chi connectivity index (χ0n) is 7.90. The number of benzene rings is 1. The molecule has 0 amide bonds. The van der Waals surface area contributed by atoms with Gasteiger partial charge in [0.1, 0.15) is 5.82 Å². The Labute approximate surface area is 90.6 Å². The van der Waals surface area contributed by atoms with Crippen LogP contribution in [0.25, 0.3) is 10.4 Å². The quantitative estimate of drug-likeness (QED) is 0.818. The number of anilines is 1. The molecule has 0 aliphatic heterocycles. The van der Waals surface area contributed by atoms with Gasteiger partial charge in [-0.3, -0.25) is 0 Å². The van der Waals surface area contributed by atoms with E-state index in [2.05, 4.69) is 4.98 Å². The summed E-state index contributed by atoms with van der Waals surface area (Å²) in [6.45, 7) is 0.334. The molecule has 1 aromatic carbocycles. The van der Waals surface area contributed by atoms with Crippen molar-refractivity contribution in [2.24, 2.45) is 5.73 Å². The topological polar surface area (TPSA) is 64.9 Å². The molecule has 3 nitrogen and oxygen atoms in total. The summed E-state index contributed by atoms with van der Waals surface area (Å²) < 4.78 is 12.7. The molecule has 0 saturated carbocycles. The Balaban J connectivity index is 2.48. The molecule has 0 bridgehead atoms. The summed E-state index contributed by atoms with van der Waals surface area (Å²) in [5.74, 6) is -0.259. The number of thiazole rings is 1. The molecule has 0 aliphatic carbocycles. The van der Waals surface area contributed by atoms with Gasteiger partial charge in [0.25, 0.3) is 0 Å². The molecule has 0 fully saturated rings. The first-order chi connectivity index (χ1) is 7.20. The maximum Gasteiger partial charge on any atom is 0.180 e. The molecule has 2 aromatic rings. The lowest BCUT2D eigenvalue weighted by molar-refractivity contribution is 0.628. The van der Waals surface area contributed by atoms with E-state index in [9.17, 15) is 4.39 Å². The van der Waals surface area contributed by atoms with Gasteiger partial charge in [-0.1, -0.05) is 23.5 Å². The standard InChI is InChI=1S/C10H10FN3S/c11-7-3-1-6(2-4-7)9-8(5-12)14-10(13)15-9/h1-4H,5,12H2,(H2,13,14). The van der Waals surface area contributed by atoms with Crippen LogP contribution in [-0.4, -0.2) is 4.98 Å². The first-order valence-corrected chi connectivity index (χ1v) is 5.23. The minimum absolute atomic E-state index is 0.259. The summed E-state index contributed by atoms with van der Waals surface area (Å²) in [7, 11) is 0. The number of hydrogen-bond acceptors (Lipinski definition) is 4. The van der Waals surface area contributed by atoms with Crippen LogP contribution in [0.15, 0.2) is 24.3 Å². The number of nitrogens with two attached hydrogens (primary N) is 2. The van der Waals surface area contributed by atoms with E-state index in [-0.39, 0.29) is 5.82 Å². The molecule has 1 aromatic heterocycles. The molecule has 2 rings (SSSR count). The van der Waals surface area contributed by atoms with Crippen LogP contribution >= 0.6 is 11.3 Å². The molecule has 5 heteroatoms. The average molecular weight is 223 g/mol. The lowest BCUT2D eigenvalue weighted by Crippen LogP contribution is -1.98. The number of nitrogens with zero attached hydrogens (tertiary/aromatic N) is 1. The zero-order valence-corrected chi connectivity index (χ0v) is 8.72. The largest absolute Gasteiger partial charge is 0.375 e. The van der Waals surface area contributed by atoms with E-state index in [4.69, 9.17) is 11.5 Å². The van der Waals surface area contributed by atoms with Gasteiger partial charge in [0.15, 0.2) is 5.13 Å². The third-order valence-electron chi connectivity index (χ3n) is 2.01. The fraction of sp³-hybridized carbons (Fsp3) is 0.100. The molecule has 1 heterocycles. The van der Waals surface area contributed by atoms with Crippen LogP contribution in [0.5, 0.6) is 0 Å². The molecule has 0 unspecified atom stereocenters. The third kappa shape index (κ3) is 1.98. The lowest BCUT2D eigenvalue weighted by atomic mass is 10.1. The highest BCUT2D eigenvalue weighted by molar-refractivity contribution is 7.18. The van der Waals surface area contributed by atoms with Crippen LogP contribution in [0.2, 0.25) is 0 Å². The Morgan fingerprint density at radius 2 is 1.93 bits per heavy atom. The number of aromatic nitrogens is 1. The summed E-state index contributed by atoms with van der Waals surface area (Å²) >= 11 is 1.36. The van der Waals surface area contributed by atoms with Gasteiger partial charge in [0.05, 0.1) is 10.6 Å². The van der Waals surface area contributed by atoms with Gasteiger partial charge < -0.3 is 11.5 Å². The van der Waals surface area contributed by atoms with Gasteiger partial charge in [-0.15, -0.1) is 0 Å². The number of rotatable bonds is 2. The Hall–Kier alpha value is -1.46. The summed E-state index contributed by atoms with van der Waals surface area (Å²) in [4.78, 5) is 5.02. The van der Waals surface area contributed by atoms with Gasteiger partial charge in [-0.25, -0.2) is 9.37 Å². The van der Waals surface area contributed by atoms with Crippen LogP contribution < -0.4 is 11.5 Å². The van der Waals surface area contributed by atoms with E-state index in [0.717, 1.165) is 16.1 Å². The summed E-state index contributed by atoms with van der Waals surface area (Å²) in [6.07, 6.45) is 0. The summed E-state index contributed by atoms with van der Waals surface area (Å²) in [5.41, 5.74) is 12.8. The highest BCUT2D eigenvalue weighted by Gasteiger charge is 2.09. The lowest BCUT2D eigenvalue weighted by Gasteiger charge is -1.99. The van der Waals surface area contributed by atoms with Crippen molar-refractivity contribution in [1.82, 2.24) is 4.98 Å². The van der Waals surface area contributed by atoms with Crippen LogP contribution in [0.3, 0.4) is 0 Å². The number of halogens is 1. The van der Waals surface area contributed by atoms with Gasteiger partial charge in [-0.05, 0) is 17.7 Å².